The lowest BCUT2D eigenvalue weighted by Gasteiger charge is -2.23. The second-order valence-corrected chi connectivity index (χ2v) is 5.59. The van der Waals surface area contributed by atoms with Crippen molar-refractivity contribution in [1.82, 2.24) is 0 Å². The van der Waals surface area contributed by atoms with Gasteiger partial charge in [-0.05, 0) is 41.5 Å². The highest BCUT2D eigenvalue weighted by Crippen LogP contribution is 2.35. The summed E-state index contributed by atoms with van der Waals surface area (Å²) in [6.45, 7) is 11.1. The number of hydrogen-bond acceptors (Lipinski definition) is 3. The molecule has 0 saturated heterocycles. The van der Waals surface area contributed by atoms with Gasteiger partial charge in [-0.1, -0.05) is 0 Å². The molecule has 0 rings (SSSR count). The van der Waals surface area contributed by atoms with Crippen molar-refractivity contribution in [3.05, 3.63) is 0 Å². The molecule has 0 amide bonds. The molecule has 0 aliphatic heterocycles. The standard InChI is InChI=1S/C8H19O3P/c1-7(2,3)10-12(9)11-8(4,5)6/h12H,1-6H3. The van der Waals surface area contributed by atoms with Crippen LogP contribution >= 0.6 is 8.25 Å². The normalized spacial score (nSPS) is 13.9. The van der Waals surface area contributed by atoms with Crippen LogP contribution in [0.5, 0.6) is 0 Å². The quantitative estimate of drug-likeness (QED) is 0.634. The van der Waals surface area contributed by atoms with Gasteiger partial charge in [0.2, 0.25) is 0 Å². The first-order chi connectivity index (χ1) is 5.10. The molecular weight excluding hydrogens is 175 g/mol. The highest BCUT2D eigenvalue weighted by Gasteiger charge is 2.20. The van der Waals surface area contributed by atoms with Crippen LogP contribution in [0.3, 0.4) is 0 Å². The SMILES string of the molecule is CC(C)(C)O[PH](=O)OC(C)(C)C. The minimum Gasteiger partial charge on any atom is -0.305 e. The topological polar surface area (TPSA) is 35.5 Å². The second-order valence-electron chi connectivity index (χ2n) is 4.68. The lowest BCUT2D eigenvalue weighted by atomic mass is 10.2. The van der Waals surface area contributed by atoms with Crippen molar-refractivity contribution in [3.8, 4) is 0 Å². The van der Waals surface area contributed by atoms with Crippen molar-refractivity contribution in [2.24, 2.45) is 0 Å². The fourth-order valence-electron chi connectivity index (χ4n) is 0.521. The largest absolute Gasteiger partial charge is 0.320 e. The predicted octanol–water partition coefficient (Wildman–Crippen LogP) is 3.01. The first kappa shape index (κ1) is 12.2. The predicted molar refractivity (Wildman–Crippen MR) is 50.7 cm³/mol. The molecule has 3 nitrogen and oxygen atoms in total. The van der Waals surface area contributed by atoms with E-state index in [1.54, 1.807) is 0 Å². The van der Waals surface area contributed by atoms with Crippen LogP contribution in [-0.4, -0.2) is 11.2 Å². The minimum absolute atomic E-state index is 0.401. The van der Waals surface area contributed by atoms with E-state index in [1.807, 2.05) is 41.5 Å². The second kappa shape index (κ2) is 3.91. The molecule has 12 heavy (non-hydrogen) atoms. The zero-order valence-electron chi connectivity index (χ0n) is 8.72. The maximum absolute atomic E-state index is 11.2. The zero-order valence-corrected chi connectivity index (χ0v) is 9.72. The van der Waals surface area contributed by atoms with E-state index >= 15 is 0 Å². The molecular formula is C8H19O3P. The summed E-state index contributed by atoms with van der Waals surface area (Å²) >= 11 is 0. The van der Waals surface area contributed by atoms with Crippen molar-refractivity contribution >= 4 is 8.25 Å². The van der Waals surface area contributed by atoms with Crippen LogP contribution in [0.2, 0.25) is 0 Å². The molecule has 0 atom stereocenters. The molecule has 0 aromatic rings. The Morgan fingerprint density at radius 3 is 1.25 bits per heavy atom. The zero-order chi connectivity index (χ0) is 9.99. The molecule has 4 heteroatoms. The Balaban J connectivity index is 3.92. The van der Waals surface area contributed by atoms with Gasteiger partial charge < -0.3 is 9.05 Å². The van der Waals surface area contributed by atoms with Crippen LogP contribution in [0.15, 0.2) is 0 Å². The molecule has 0 aliphatic carbocycles. The maximum Gasteiger partial charge on any atom is 0.320 e. The highest BCUT2D eigenvalue weighted by atomic mass is 31.1. The van der Waals surface area contributed by atoms with Crippen LogP contribution in [0.1, 0.15) is 41.5 Å². The van der Waals surface area contributed by atoms with Crippen molar-refractivity contribution in [2.75, 3.05) is 0 Å². The third-order valence-electron chi connectivity index (χ3n) is 0.779. The van der Waals surface area contributed by atoms with Gasteiger partial charge in [0.25, 0.3) is 0 Å². The van der Waals surface area contributed by atoms with Crippen LogP contribution in [0.25, 0.3) is 0 Å². The van der Waals surface area contributed by atoms with Gasteiger partial charge in [0.15, 0.2) is 0 Å². The van der Waals surface area contributed by atoms with E-state index in [0.717, 1.165) is 0 Å². The third kappa shape index (κ3) is 8.25. The Morgan fingerprint density at radius 1 is 0.833 bits per heavy atom. The van der Waals surface area contributed by atoms with E-state index in [4.69, 9.17) is 9.05 Å². The number of hydrogen-bond donors (Lipinski definition) is 0. The molecule has 0 aromatic heterocycles. The van der Waals surface area contributed by atoms with Gasteiger partial charge in [-0.3, -0.25) is 4.57 Å². The summed E-state index contributed by atoms with van der Waals surface area (Å²) in [7, 11) is -2.35. The average molecular weight is 194 g/mol. The summed E-state index contributed by atoms with van der Waals surface area (Å²) in [6, 6.07) is 0. The van der Waals surface area contributed by atoms with E-state index in [2.05, 4.69) is 0 Å². The summed E-state index contributed by atoms with van der Waals surface area (Å²) < 4.78 is 21.5. The first-order valence-electron chi connectivity index (χ1n) is 4.02. The highest BCUT2D eigenvalue weighted by molar-refractivity contribution is 7.33. The van der Waals surface area contributed by atoms with Crippen molar-refractivity contribution in [2.45, 2.75) is 52.7 Å². The molecule has 0 unspecified atom stereocenters. The van der Waals surface area contributed by atoms with E-state index in [-0.39, 0.29) is 0 Å². The third-order valence-corrected chi connectivity index (χ3v) is 2.34. The molecule has 0 N–H and O–H groups in total. The molecule has 0 aromatic carbocycles. The average Bonchev–Trinajstić information content (AvgIpc) is 1.49. The monoisotopic (exact) mass is 194 g/mol. The molecule has 0 radical (unpaired) electrons. The van der Waals surface area contributed by atoms with E-state index < -0.39 is 19.5 Å². The van der Waals surface area contributed by atoms with Crippen molar-refractivity contribution in [1.29, 1.82) is 0 Å². The number of rotatable bonds is 2. The minimum atomic E-state index is -2.35. The van der Waals surface area contributed by atoms with Gasteiger partial charge in [-0.25, -0.2) is 0 Å². The van der Waals surface area contributed by atoms with Gasteiger partial charge in [-0.2, -0.15) is 0 Å². The summed E-state index contributed by atoms with van der Waals surface area (Å²) in [5, 5.41) is 0. The smallest absolute Gasteiger partial charge is 0.305 e. The van der Waals surface area contributed by atoms with Gasteiger partial charge in [-0.15, -0.1) is 0 Å². The molecule has 0 spiro atoms. The molecule has 0 bridgehead atoms. The summed E-state index contributed by atoms with van der Waals surface area (Å²) in [4.78, 5) is 0. The van der Waals surface area contributed by atoms with Crippen LogP contribution in [0, 0.1) is 0 Å². The maximum atomic E-state index is 11.2. The molecule has 74 valence electrons. The lowest BCUT2D eigenvalue weighted by Crippen LogP contribution is -2.19. The first-order valence-corrected chi connectivity index (χ1v) is 5.25. The Labute approximate surface area is 75.4 Å². The fraction of sp³-hybridized carbons (Fsp3) is 1.00. The van der Waals surface area contributed by atoms with E-state index in [1.165, 1.54) is 0 Å². The summed E-state index contributed by atoms with van der Waals surface area (Å²) in [5.41, 5.74) is -0.803. The van der Waals surface area contributed by atoms with Crippen LogP contribution < -0.4 is 0 Å². The van der Waals surface area contributed by atoms with Gasteiger partial charge >= 0.3 is 8.25 Å². The Hall–Kier alpha value is 0.150. The molecule has 0 saturated carbocycles. The van der Waals surface area contributed by atoms with E-state index in [0.29, 0.717) is 0 Å². The lowest BCUT2D eigenvalue weighted by molar-refractivity contribution is 0.0634. The van der Waals surface area contributed by atoms with Crippen molar-refractivity contribution in [3.63, 3.8) is 0 Å². The van der Waals surface area contributed by atoms with Crippen molar-refractivity contribution < 1.29 is 13.6 Å². The van der Waals surface area contributed by atoms with Crippen LogP contribution in [0.4, 0.5) is 0 Å². The Bertz CT molecular complexity index is 146. The summed E-state index contributed by atoms with van der Waals surface area (Å²) in [6.07, 6.45) is 0. The molecule has 0 fully saturated rings. The van der Waals surface area contributed by atoms with Crippen LogP contribution in [-0.2, 0) is 13.6 Å². The Morgan fingerprint density at radius 2 is 1.08 bits per heavy atom. The van der Waals surface area contributed by atoms with E-state index in [9.17, 15) is 4.57 Å². The van der Waals surface area contributed by atoms with Gasteiger partial charge in [0, 0.05) is 0 Å². The molecule has 0 heterocycles. The summed E-state index contributed by atoms with van der Waals surface area (Å²) in [5.74, 6) is 0. The van der Waals surface area contributed by atoms with Gasteiger partial charge in [0.1, 0.15) is 0 Å². The fourth-order valence-corrected chi connectivity index (χ4v) is 1.56. The molecule has 0 aliphatic rings. The Kier molecular flexibility index (Phi) is 3.95. The van der Waals surface area contributed by atoms with Gasteiger partial charge in [0.05, 0.1) is 11.2 Å².